The Balaban J connectivity index is 1.14. The summed E-state index contributed by atoms with van der Waals surface area (Å²) in [5, 5.41) is 1.28. The molecule has 8 heteroatoms. The summed E-state index contributed by atoms with van der Waals surface area (Å²) in [5.74, 6) is 0.828. The average Bonchev–Trinajstić information content (AvgIpc) is 2.99. The Bertz CT molecular complexity index is 1550. The van der Waals surface area contributed by atoms with Crippen molar-refractivity contribution in [2.45, 2.75) is 49.2 Å². The lowest BCUT2D eigenvalue weighted by Crippen LogP contribution is -2.44. The van der Waals surface area contributed by atoms with Crippen LogP contribution in [0.4, 0.5) is 5.69 Å². The number of nitrogens with zero attached hydrogens (tertiary/aromatic N) is 4. The number of ether oxygens (including phenoxy) is 1. The van der Waals surface area contributed by atoms with Gasteiger partial charge in [-0.05, 0) is 54.8 Å². The van der Waals surface area contributed by atoms with Crippen LogP contribution in [0.3, 0.4) is 0 Å². The lowest BCUT2D eigenvalue weighted by atomic mass is 10.0. The molecule has 1 aliphatic carbocycles. The number of fused-ring (bicyclic) bond motifs is 1. The second-order valence-electron chi connectivity index (χ2n) is 10.7. The summed E-state index contributed by atoms with van der Waals surface area (Å²) >= 11 is 1.71. The van der Waals surface area contributed by atoms with E-state index in [2.05, 4.69) is 0 Å². The van der Waals surface area contributed by atoms with E-state index >= 15 is 0 Å². The fraction of sp³-hybridized carbons (Fsp3) is 0.303. The fourth-order valence-corrected chi connectivity index (χ4v) is 6.44. The minimum atomic E-state index is -0.0674. The number of para-hydroxylation sites is 2. The first-order chi connectivity index (χ1) is 20.0. The lowest BCUT2D eigenvalue weighted by molar-refractivity contribution is -0.130. The van der Waals surface area contributed by atoms with E-state index in [4.69, 9.17) is 9.72 Å². The zero-order chi connectivity index (χ0) is 28.2. The summed E-state index contributed by atoms with van der Waals surface area (Å²) in [4.78, 5) is 36.0. The average molecular weight is 567 g/mol. The van der Waals surface area contributed by atoms with Gasteiger partial charge in [0.1, 0.15) is 12.4 Å². The maximum Gasteiger partial charge on any atom is 0.264 e. The van der Waals surface area contributed by atoms with Crippen molar-refractivity contribution < 1.29 is 9.53 Å². The van der Waals surface area contributed by atoms with Gasteiger partial charge in [0.25, 0.3) is 5.56 Å². The molecule has 2 heterocycles. The lowest BCUT2D eigenvalue weighted by Gasteiger charge is -2.31. The number of carbonyl (C=O) groups is 1. The van der Waals surface area contributed by atoms with E-state index in [1.54, 1.807) is 21.2 Å². The molecule has 1 saturated carbocycles. The van der Waals surface area contributed by atoms with E-state index in [1.807, 2.05) is 96.9 Å². The predicted octanol–water partition coefficient (Wildman–Crippen LogP) is 5.48. The Labute approximate surface area is 244 Å². The van der Waals surface area contributed by atoms with Gasteiger partial charge in [-0.25, -0.2) is 4.98 Å². The van der Waals surface area contributed by atoms with Gasteiger partial charge in [0.2, 0.25) is 5.91 Å². The molecule has 3 aromatic carbocycles. The Morgan fingerprint density at radius 1 is 1.00 bits per heavy atom. The van der Waals surface area contributed by atoms with E-state index < -0.39 is 0 Å². The summed E-state index contributed by atoms with van der Waals surface area (Å²) in [6, 6.07) is 27.5. The number of benzene rings is 3. The minimum Gasteiger partial charge on any atom is -0.489 e. The highest BCUT2D eigenvalue weighted by Crippen LogP contribution is 2.36. The molecule has 0 bridgehead atoms. The standard InChI is InChI=1S/C33H34N4O3S/c1-35(25-17-15-24(16-18-25)23-40-27-11-6-3-7-12-27)22-31(38)36-20-19-30-29(21-36)32(39)37(26-9-4-2-5-10-26)33(34-30)41-28-13-8-14-28/h2-7,9-12,15-18,28H,8,13-14,19-23H2,1H3. The SMILES string of the molecule is CN(CC(=O)N1CCc2nc(SC3CCC3)n(-c3ccccc3)c(=O)c2C1)c1ccc(COc2ccccc2)cc1. The summed E-state index contributed by atoms with van der Waals surface area (Å²) < 4.78 is 7.58. The van der Waals surface area contributed by atoms with Crippen molar-refractivity contribution in [1.29, 1.82) is 0 Å². The van der Waals surface area contributed by atoms with Crippen molar-refractivity contribution in [3.63, 3.8) is 0 Å². The highest BCUT2D eigenvalue weighted by atomic mass is 32.2. The maximum absolute atomic E-state index is 13.9. The van der Waals surface area contributed by atoms with Gasteiger partial charge in [0, 0.05) is 31.0 Å². The molecule has 0 saturated heterocycles. The number of aromatic nitrogens is 2. The molecular weight excluding hydrogens is 532 g/mol. The van der Waals surface area contributed by atoms with Crippen molar-refractivity contribution in [3.8, 4) is 11.4 Å². The van der Waals surface area contributed by atoms with Gasteiger partial charge >= 0.3 is 0 Å². The molecule has 0 unspecified atom stereocenters. The second kappa shape index (κ2) is 12.2. The number of rotatable bonds is 9. The third kappa shape index (κ3) is 6.17. The molecular formula is C33H34N4O3S. The zero-order valence-electron chi connectivity index (χ0n) is 23.2. The molecule has 0 radical (unpaired) electrons. The second-order valence-corrected chi connectivity index (χ2v) is 11.9. The van der Waals surface area contributed by atoms with Crippen LogP contribution in [0, 0.1) is 0 Å². The first kappa shape index (κ1) is 27.1. The Hall–Kier alpha value is -4.04. The fourth-order valence-electron chi connectivity index (χ4n) is 5.11. The van der Waals surface area contributed by atoms with E-state index in [9.17, 15) is 9.59 Å². The van der Waals surface area contributed by atoms with E-state index in [-0.39, 0.29) is 24.6 Å². The molecule has 1 aromatic heterocycles. The summed E-state index contributed by atoms with van der Waals surface area (Å²) in [6.07, 6.45) is 4.14. The third-order valence-electron chi connectivity index (χ3n) is 7.79. The monoisotopic (exact) mass is 566 g/mol. The molecule has 4 aromatic rings. The number of anilines is 1. The summed E-state index contributed by atoms with van der Waals surface area (Å²) in [7, 11) is 1.92. The van der Waals surface area contributed by atoms with Crippen molar-refractivity contribution >= 4 is 23.4 Å². The van der Waals surface area contributed by atoms with Gasteiger partial charge in [-0.3, -0.25) is 14.2 Å². The van der Waals surface area contributed by atoms with Crippen LogP contribution in [0.5, 0.6) is 5.75 Å². The van der Waals surface area contributed by atoms with Crippen LogP contribution in [0.2, 0.25) is 0 Å². The zero-order valence-corrected chi connectivity index (χ0v) is 24.1. The van der Waals surface area contributed by atoms with Gasteiger partial charge in [-0.1, -0.05) is 66.7 Å². The maximum atomic E-state index is 13.9. The van der Waals surface area contributed by atoms with Crippen molar-refractivity contribution in [2.75, 3.05) is 25.0 Å². The Kier molecular flexibility index (Phi) is 8.09. The van der Waals surface area contributed by atoms with Crippen LogP contribution in [0.1, 0.15) is 36.1 Å². The normalized spacial score (nSPS) is 14.7. The van der Waals surface area contributed by atoms with Gasteiger partial charge in [0.05, 0.1) is 30.0 Å². The van der Waals surface area contributed by atoms with Crippen LogP contribution in [-0.4, -0.2) is 45.7 Å². The number of hydrogen-bond acceptors (Lipinski definition) is 6. The molecule has 0 atom stereocenters. The quantitative estimate of drug-likeness (QED) is 0.250. The number of amides is 1. The van der Waals surface area contributed by atoms with Crippen molar-refractivity contribution in [2.24, 2.45) is 0 Å². The van der Waals surface area contributed by atoms with Crippen LogP contribution in [0.15, 0.2) is 94.9 Å². The summed E-state index contributed by atoms with van der Waals surface area (Å²) in [6.45, 7) is 1.55. The summed E-state index contributed by atoms with van der Waals surface area (Å²) in [5.41, 5.74) is 4.20. The number of hydrogen-bond donors (Lipinski definition) is 0. The van der Waals surface area contributed by atoms with E-state index in [1.165, 1.54) is 6.42 Å². The Morgan fingerprint density at radius 2 is 1.71 bits per heavy atom. The van der Waals surface area contributed by atoms with Gasteiger partial charge in [0.15, 0.2) is 5.16 Å². The molecule has 1 amide bonds. The molecule has 0 spiro atoms. The molecule has 210 valence electrons. The van der Waals surface area contributed by atoms with Crippen LogP contribution < -0.4 is 15.2 Å². The van der Waals surface area contributed by atoms with E-state index in [0.717, 1.165) is 46.4 Å². The first-order valence-electron chi connectivity index (χ1n) is 14.2. The topological polar surface area (TPSA) is 67.7 Å². The highest BCUT2D eigenvalue weighted by Gasteiger charge is 2.29. The molecule has 2 aliphatic rings. The molecule has 7 nitrogen and oxygen atoms in total. The van der Waals surface area contributed by atoms with Crippen LogP contribution >= 0.6 is 11.8 Å². The van der Waals surface area contributed by atoms with E-state index in [0.29, 0.717) is 30.4 Å². The number of carbonyl (C=O) groups excluding carboxylic acids is 1. The first-order valence-corrected chi connectivity index (χ1v) is 15.1. The molecule has 6 rings (SSSR count). The number of likely N-dealkylation sites (N-methyl/N-ethyl adjacent to an activating group) is 1. The van der Waals surface area contributed by atoms with Gasteiger partial charge in [-0.2, -0.15) is 0 Å². The van der Waals surface area contributed by atoms with Crippen molar-refractivity contribution in [1.82, 2.24) is 14.5 Å². The largest absolute Gasteiger partial charge is 0.489 e. The minimum absolute atomic E-state index is 0.00628. The van der Waals surface area contributed by atoms with Crippen molar-refractivity contribution in [3.05, 3.63) is 112 Å². The molecule has 41 heavy (non-hydrogen) atoms. The molecule has 0 N–H and O–H groups in total. The number of thioether (sulfide) groups is 1. The third-order valence-corrected chi connectivity index (χ3v) is 9.08. The van der Waals surface area contributed by atoms with Gasteiger partial charge in [-0.15, -0.1) is 0 Å². The van der Waals surface area contributed by atoms with Crippen LogP contribution in [0.25, 0.3) is 5.69 Å². The smallest absolute Gasteiger partial charge is 0.264 e. The van der Waals surface area contributed by atoms with Crippen LogP contribution in [-0.2, 0) is 24.4 Å². The molecule has 1 fully saturated rings. The van der Waals surface area contributed by atoms with Gasteiger partial charge < -0.3 is 14.5 Å². The molecule has 1 aliphatic heterocycles. The predicted molar refractivity (Wildman–Crippen MR) is 163 cm³/mol. The Morgan fingerprint density at radius 3 is 2.39 bits per heavy atom. The highest BCUT2D eigenvalue weighted by molar-refractivity contribution is 7.99.